The van der Waals surface area contributed by atoms with Crippen molar-refractivity contribution in [1.29, 1.82) is 0 Å². The molecule has 0 aliphatic carbocycles. The Morgan fingerprint density at radius 2 is 1.84 bits per heavy atom. The number of ether oxygens (including phenoxy) is 1. The number of benzene rings is 2. The zero-order valence-corrected chi connectivity index (χ0v) is 19.1. The number of nitrogens with one attached hydrogen (secondary N) is 1. The monoisotopic (exact) mass is 519 g/mol. The zero-order valence-electron chi connectivity index (χ0n) is 16.0. The van der Waals surface area contributed by atoms with E-state index in [-0.39, 0.29) is 18.3 Å². The van der Waals surface area contributed by atoms with Crippen molar-refractivity contribution < 1.29 is 9.53 Å². The normalized spacial score (nSPS) is 10.8. The van der Waals surface area contributed by atoms with Crippen LogP contribution in [0.5, 0.6) is 5.75 Å². The van der Waals surface area contributed by atoms with Crippen molar-refractivity contribution in [2.45, 2.75) is 13.3 Å². The standard InChI is InChI=1S/C21H16BrCl2N5O2/c22-16-12-29(11-14-6-7-17(23)18(24)10-14)27-20(16)25-21(30)19-8-9-28(26-19)13-31-15-4-2-1-3-5-15/h1-10,12H,11,13H2,(H,25,27,30). The molecular formula is C21H16BrCl2N5O2. The van der Waals surface area contributed by atoms with Gasteiger partial charge in [-0.3, -0.25) is 9.48 Å². The second-order valence-corrected chi connectivity index (χ2v) is 8.22. The molecule has 4 rings (SSSR count). The third-order valence-corrected chi connectivity index (χ3v) is 5.58. The van der Waals surface area contributed by atoms with Crippen molar-refractivity contribution in [2.24, 2.45) is 0 Å². The Bertz CT molecular complexity index is 1210. The van der Waals surface area contributed by atoms with Gasteiger partial charge >= 0.3 is 0 Å². The number of halogens is 3. The van der Waals surface area contributed by atoms with Gasteiger partial charge in [0.15, 0.2) is 18.2 Å². The van der Waals surface area contributed by atoms with Gasteiger partial charge in [0.1, 0.15) is 5.75 Å². The number of hydrogen-bond donors (Lipinski definition) is 1. The predicted molar refractivity (Wildman–Crippen MR) is 123 cm³/mol. The van der Waals surface area contributed by atoms with Crippen molar-refractivity contribution in [3.8, 4) is 5.75 Å². The highest BCUT2D eigenvalue weighted by Gasteiger charge is 2.15. The second-order valence-electron chi connectivity index (χ2n) is 6.55. The summed E-state index contributed by atoms with van der Waals surface area (Å²) in [5.74, 6) is 0.736. The molecular weight excluding hydrogens is 505 g/mol. The molecule has 0 bridgehead atoms. The molecule has 0 atom stereocenters. The average molecular weight is 521 g/mol. The number of rotatable bonds is 7. The molecule has 10 heteroatoms. The largest absolute Gasteiger partial charge is 0.471 e. The molecule has 0 saturated carbocycles. The Balaban J connectivity index is 1.38. The minimum atomic E-state index is -0.376. The Morgan fingerprint density at radius 3 is 2.61 bits per heavy atom. The lowest BCUT2D eigenvalue weighted by Crippen LogP contribution is -2.15. The van der Waals surface area contributed by atoms with Gasteiger partial charge in [0.05, 0.1) is 21.1 Å². The Morgan fingerprint density at radius 1 is 1.03 bits per heavy atom. The summed E-state index contributed by atoms with van der Waals surface area (Å²) in [5, 5.41) is 12.4. The molecule has 2 heterocycles. The van der Waals surface area contributed by atoms with Crippen LogP contribution in [0.15, 0.2) is 71.5 Å². The molecule has 0 spiro atoms. The molecule has 2 aromatic heterocycles. The quantitative estimate of drug-likeness (QED) is 0.350. The molecule has 4 aromatic rings. The number of aromatic nitrogens is 4. The summed E-state index contributed by atoms with van der Waals surface area (Å²) in [6.07, 6.45) is 3.44. The third-order valence-electron chi connectivity index (χ3n) is 4.26. The Labute approximate surface area is 196 Å². The summed E-state index contributed by atoms with van der Waals surface area (Å²) < 4.78 is 9.50. The van der Waals surface area contributed by atoms with Crippen LogP contribution in [0.4, 0.5) is 5.82 Å². The number of nitrogens with zero attached hydrogens (tertiary/aromatic N) is 4. The first-order valence-electron chi connectivity index (χ1n) is 9.17. The minimum absolute atomic E-state index is 0.194. The maximum atomic E-state index is 12.6. The minimum Gasteiger partial charge on any atom is -0.471 e. The first kappa shape index (κ1) is 21.4. The zero-order chi connectivity index (χ0) is 21.8. The van der Waals surface area contributed by atoms with E-state index in [1.807, 2.05) is 36.4 Å². The van der Waals surface area contributed by atoms with E-state index < -0.39 is 0 Å². The van der Waals surface area contributed by atoms with E-state index in [1.165, 1.54) is 0 Å². The van der Waals surface area contributed by atoms with E-state index in [0.717, 1.165) is 11.3 Å². The van der Waals surface area contributed by atoms with E-state index >= 15 is 0 Å². The molecule has 158 valence electrons. The van der Waals surface area contributed by atoms with Crippen molar-refractivity contribution in [2.75, 3.05) is 5.32 Å². The number of amides is 1. The highest BCUT2D eigenvalue weighted by atomic mass is 79.9. The molecule has 0 aliphatic heterocycles. The first-order chi connectivity index (χ1) is 15.0. The topological polar surface area (TPSA) is 74.0 Å². The van der Waals surface area contributed by atoms with E-state index in [1.54, 1.807) is 40.0 Å². The van der Waals surface area contributed by atoms with Crippen LogP contribution in [0.2, 0.25) is 10.0 Å². The number of para-hydroxylation sites is 1. The molecule has 1 amide bonds. The van der Waals surface area contributed by atoms with Gasteiger partial charge in [-0.15, -0.1) is 0 Å². The van der Waals surface area contributed by atoms with Crippen LogP contribution in [0.1, 0.15) is 16.1 Å². The molecule has 1 N–H and O–H groups in total. The maximum Gasteiger partial charge on any atom is 0.277 e. The van der Waals surface area contributed by atoms with Crippen LogP contribution in [-0.4, -0.2) is 25.5 Å². The van der Waals surface area contributed by atoms with Crippen LogP contribution < -0.4 is 10.1 Å². The van der Waals surface area contributed by atoms with Crippen molar-refractivity contribution >= 4 is 50.9 Å². The highest BCUT2D eigenvalue weighted by Crippen LogP contribution is 2.25. The molecule has 0 radical (unpaired) electrons. The van der Waals surface area contributed by atoms with Crippen molar-refractivity contribution in [3.05, 3.63) is 92.8 Å². The molecule has 0 aliphatic rings. The molecule has 31 heavy (non-hydrogen) atoms. The summed E-state index contributed by atoms with van der Waals surface area (Å²) in [6, 6.07) is 16.4. The van der Waals surface area contributed by atoms with Crippen LogP contribution in [0.3, 0.4) is 0 Å². The number of hydrogen-bond acceptors (Lipinski definition) is 4. The summed E-state index contributed by atoms with van der Waals surface area (Å²) in [7, 11) is 0. The second kappa shape index (κ2) is 9.55. The fourth-order valence-corrected chi connectivity index (χ4v) is 3.51. The lowest BCUT2D eigenvalue weighted by Gasteiger charge is -2.05. The van der Waals surface area contributed by atoms with Crippen LogP contribution in [-0.2, 0) is 13.3 Å². The summed E-state index contributed by atoms with van der Waals surface area (Å²) in [6.45, 7) is 0.663. The molecule has 0 fully saturated rings. The highest BCUT2D eigenvalue weighted by molar-refractivity contribution is 9.10. The number of carbonyl (C=O) groups excluding carboxylic acids is 1. The van der Waals surface area contributed by atoms with E-state index in [0.29, 0.717) is 26.9 Å². The van der Waals surface area contributed by atoms with Crippen LogP contribution in [0, 0.1) is 0 Å². The predicted octanol–water partition coefficient (Wildman–Crippen LogP) is 5.49. The lowest BCUT2D eigenvalue weighted by molar-refractivity contribution is 0.101. The van der Waals surface area contributed by atoms with E-state index in [9.17, 15) is 4.79 Å². The maximum absolute atomic E-state index is 12.6. The molecule has 2 aromatic carbocycles. The van der Waals surface area contributed by atoms with Gasteiger partial charge in [0.25, 0.3) is 5.91 Å². The van der Waals surface area contributed by atoms with Gasteiger partial charge in [-0.05, 0) is 51.8 Å². The fourth-order valence-electron chi connectivity index (χ4n) is 2.77. The van der Waals surface area contributed by atoms with E-state index in [4.69, 9.17) is 27.9 Å². The van der Waals surface area contributed by atoms with Crippen molar-refractivity contribution in [1.82, 2.24) is 19.6 Å². The SMILES string of the molecule is O=C(Nc1nn(Cc2ccc(Cl)c(Cl)c2)cc1Br)c1ccn(COc2ccccc2)n1. The van der Waals surface area contributed by atoms with Gasteiger partial charge < -0.3 is 10.1 Å². The number of carbonyl (C=O) groups is 1. The van der Waals surface area contributed by atoms with Gasteiger partial charge in [-0.1, -0.05) is 47.5 Å². The van der Waals surface area contributed by atoms with E-state index in [2.05, 4.69) is 31.4 Å². The molecule has 0 unspecified atom stereocenters. The van der Waals surface area contributed by atoms with Gasteiger partial charge in [0, 0.05) is 12.4 Å². The van der Waals surface area contributed by atoms with Gasteiger partial charge in [-0.25, -0.2) is 4.68 Å². The lowest BCUT2D eigenvalue weighted by atomic mass is 10.2. The van der Waals surface area contributed by atoms with Crippen LogP contribution >= 0.6 is 39.1 Å². The van der Waals surface area contributed by atoms with Crippen molar-refractivity contribution in [3.63, 3.8) is 0 Å². The molecule has 0 saturated heterocycles. The van der Waals surface area contributed by atoms with Gasteiger partial charge in [0.2, 0.25) is 0 Å². The number of anilines is 1. The first-order valence-corrected chi connectivity index (χ1v) is 10.7. The van der Waals surface area contributed by atoms with Gasteiger partial charge in [-0.2, -0.15) is 10.2 Å². The fraction of sp³-hybridized carbons (Fsp3) is 0.0952. The third kappa shape index (κ3) is 5.46. The summed E-state index contributed by atoms with van der Waals surface area (Å²) >= 11 is 15.4. The Hall–Kier alpha value is -2.81. The smallest absolute Gasteiger partial charge is 0.277 e. The van der Waals surface area contributed by atoms with Crippen LogP contribution in [0.25, 0.3) is 0 Å². The summed E-state index contributed by atoms with van der Waals surface area (Å²) in [4.78, 5) is 12.6. The average Bonchev–Trinajstić information content (AvgIpc) is 3.37. The molecule has 7 nitrogen and oxygen atoms in total. The summed E-state index contributed by atoms with van der Waals surface area (Å²) in [5.41, 5.74) is 1.18. The Kier molecular flexibility index (Phi) is 6.60.